The molecule has 3 N–H and O–H groups in total. The summed E-state index contributed by atoms with van der Waals surface area (Å²) in [6.07, 6.45) is 2.24. The molecular weight excluding hydrogens is 280 g/mol. The number of ether oxygens (including phenoxy) is 2. The van der Waals surface area contributed by atoms with E-state index in [1.165, 1.54) is 0 Å². The van der Waals surface area contributed by atoms with Gasteiger partial charge in [-0.25, -0.2) is 0 Å². The van der Waals surface area contributed by atoms with Crippen molar-refractivity contribution in [3.8, 4) is 11.5 Å². The highest BCUT2D eigenvalue weighted by molar-refractivity contribution is 5.82. The summed E-state index contributed by atoms with van der Waals surface area (Å²) in [5.74, 6) is 1.44. The van der Waals surface area contributed by atoms with Gasteiger partial charge >= 0.3 is 0 Å². The van der Waals surface area contributed by atoms with Crippen molar-refractivity contribution in [2.75, 3.05) is 27.3 Å². The number of benzene rings is 1. The fraction of sp³-hybridized carbons (Fsp3) is 0.588. The van der Waals surface area contributed by atoms with E-state index in [2.05, 4.69) is 5.32 Å². The molecule has 0 saturated heterocycles. The fourth-order valence-electron chi connectivity index (χ4n) is 2.50. The Bertz CT molecular complexity index is 477. The summed E-state index contributed by atoms with van der Waals surface area (Å²) in [5.41, 5.74) is 6.43. The second kappa shape index (κ2) is 8.63. The molecule has 0 spiro atoms. The zero-order valence-corrected chi connectivity index (χ0v) is 14.1. The van der Waals surface area contributed by atoms with E-state index < -0.39 is 5.41 Å². The monoisotopic (exact) mass is 308 g/mol. The van der Waals surface area contributed by atoms with Gasteiger partial charge in [0.2, 0.25) is 5.91 Å². The largest absolute Gasteiger partial charge is 0.493 e. The topological polar surface area (TPSA) is 73.6 Å². The first-order valence-corrected chi connectivity index (χ1v) is 7.76. The Kier molecular flexibility index (Phi) is 7.18. The molecule has 0 aliphatic heterocycles. The van der Waals surface area contributed by atoms with Gasteiger partial charge in [0.05, 0.1) is 19.6 Å². The Hall–Kier alpha value is -1.75. The van der Waals surface area contributed by atoms with Crippen LogP contribution in [0.2, 0.25) is 0 Å². The Morgan fingerprint density at radius 3 is 2.32 bits per heavy atom. The Morgan fingerprint density at radius 2 is 1.82 bits per heavy atom. The lowest BCUT2D eigenvalue weighted by atomic mass is 9.81. The quantitative estimate of drug-likeness (QED) is 0.733. The van der Waals surface area contributed by atoms with Gasteiger partial charge in [0, 0.05) is 13.1 Å². The van der Waals surface area contributed by atoms with Crippen LogP contribution < -0.4 is 20.5 Å². The number of amides is 1. The summed E-state index contributed by atoms with van der Waals surface area (Å²) in [5, 5.41) is 3.00. The SMILES string of the molecule is CCC(CC)(CN)C(=O)NCCc1ccc(OC)c(OC)c1. The van der Waals surface area contributed by atoms with Crippen LogP contribution in [0.1, 0.15) is 32.3 Å². The van der Waals surface area contributed by atoms with Crippen molar-refractivity contribution in [1.29, 1.82) is 0 Å². The third kappa shape index (κ3) is 4.13. The number of carbonyl (C=O) groups is 1. The van der Waals surface area contributed by atoms with Crippen molar-refractivity contribution in [2.24, 2.45) is 11.1 Å². The van der Waals surface area contributed by atoms with Crippen LogP contribution in [-0.4, -0.2) is 33.2 Å². The molecule has 1 rings (SSSR count). The molecule has 0 bridgehead atoms. The Morgan fingerprint density at radius 1 is 1.18 bits per heavy atom. The zero-order chi connectivity index (χ0) is 16.6. The highest BCUT2D eigenvalue weighted by Crippen LogP contribution is 2.28. The fourth-order valence-corrected chi connectivity index (χ4v) is 2.50. The van der Waals surface area contributed by atoms with E-state index in [1.54, 1.807) is 14.2 Å². The second-order valence-electron chi connectivity index (χ2n) is 5.39. The molecule has 1 aromatic rings. The first kappa shape index (κ1) is 18.3. The number of methoxy groups -OCH3 is 2. The molecule has 1 amide bonds. The van der Waals surface area contributed by atoms with Gasteiger partial charge in [0.15, 0.2) is 11.5 Å². The van der Waals surface area contributed by atoms with Gasteiger partial charge in [-0.2, -0.15) is 0 Å². The van der Waals surface area contributed by atoms with Gasteiger partial charge in [-0.05, 0) is 37.0 Å². The van der Waals surface area contributed by atoms with E-state index in [9.17, 15) is 4.79 Å². The predicted molar refractivity (Wildman–Crippen MR) is 88.3 cm³/mol. The first-order valence-electron chi connectivity index (χ1n) is 7.76. The summed E-state index contributed by atoms with van der Waals surface area (Å²) in [7, 11) is 3.22. The molecule has 22 heavy (non-hydrogen) atoms. The lowest BCUT2D eigenvalue weighted by Crippen LogP contribution is -2.45. The van der Waals surface area contributed by atoms with Crippen molar-refractivity contribution in [3.63, 3.8) is 0 Å². The highest BCUT2D eigenvalue weighted by Gasteiger charge is 2.32. The normalized spacial score (nSPS) is 11.1. The average molecular weight is 308 g/mol. The lowest BCUT2D eigenvalue weighted by molar-refractivity contribution is -0.131. The van der Waals surface area contributed by atoms with Crippen molar-refractivity contribution in [3.05, 3.63) is 23.8 Å². The van der Waals surface area contributed by atoms with E-state index in [4.69, 9.17) is 15.2 Å². The second-order valence-corrected chi connectivity index (χ2v) is 5.39. The van der Waals surface area contributed by atoms with Crippen LogP contribution in [0.15, 0.2) is 18.2 Å². The molecule has 0 atom stereocenters. The van der Waals surface area contributed by atoms with Crippen LogP contribution in [0.4, 0.5) is 0 Å². The van der Waals surface area contributed by atoms with E-state index in [0.717, 1.165) is 24.8 Å². The Balaban J connectivity index is 2.62. The molecular formula is C17H28N2O3. The third-order valence-electron chi connectivity index (χ3n) is 4.37. The smallest absolute Gasteiger partial charge is 0.227 e. The maximum atomic E-state index is 12.3. The van der Waals surface area contributed by atoms with Crippen molar-refractivity contribution < 1.29 is 14.3 Å². The minimum atomic E-state index is -0.447. The summed E-state index contributed by atoms with van der Waals surface area (Å²) in [6, 6.07) is 5.78. The lowest BCUT2D eigenvalue weighted by Gasteiger charge is -2.28. The van der Waals surface area contributed by atoms with Gasteiger partial charge in [0.1, 0.15) is 0 Å². The molecule has 0 unspecified atom stereocenters. The summed E-state index contributed by atoms with van der Waals surface area (Å²) < 4.78 is 10.5. The van der Waals surface area contributed by atoms with Crippen LogP contribution in [0.5, 0.6) is 11.5 Å². The molecule has 0 radical (unpaired) electrons. The van der Waals surface area contributed by atoms with Crippen LogP contribution in [0, 0.1) is 5.41 Å². The van der Waals surface area contributed by atoms with Gasteiger partial charge < -0.3 is 20.5 Å². The van der Waals surface area contributed by atoms with Crippen LogP contribution in [0.25, 0.3) is 0 Å². The number of nitrogens with two attached hydrogens (primary N) is 1. The van der Waals surface area contributed by atoms with E-state index in [1.807, 2.05) is 32.0 Å². The minimum absolute atomic E-state index is 0.0421. The first-order chi connectivity index (χ1) is 10.6. The third-order valence-corrected chi connectivity index (χ3v) is 4.37. The number of hydrogen-bond donors (Lipinski definition) is 2. The van der Waals surface area contributed by atoms with Gasteiger partial charge in [-0.15, -0.1) is 0 Å². The Labute approximate surface area is 133 Å². The molecule has 0 heterocycles. The molecule has 0 saturated carbocycles. The van der Waals surface area contributed by atoms with Crippen LogP contribution in [-0.2, 0) is 11.2 Å². The van der Waals surface area contributed by atoms with Gasteiger partial charge in [-0.3, -0.25) is 4.79 Å². The molecule has 124 valence electrons. The number of carbonyl (C=O) groups excluding carboxylic acids is 1. The highest BCUT2D eigenvalue weighted by atomic mass is 16.5. The van der Waals surface area contributed by atoms with Gasteiger partial charge in [0.25, 0.3) is 0 Å². The minimum Gasteiger partial charge on any atom is -0.493 e. The number of hydrogen-bond acceptors (Lipinski definition) is 4. The summed E-state index contributed by atoms with van der Waals surface area (Å²) in [4.78, 5) is 12.3. The average Bonchev–Trinajstić information content (AvgIpc) is 2.56. The van der Waals surface area contributed by atoms with Crippen molar-refractivity contribution in [2.45, 2.75) is 33.1 Å². The van der Waals surface area contributed by atoms with Crippen molar-refractivity contribution in [1.82, 2.24) is 5.32 Å². The van der Waals surface area contributed by atoms with E-state index in [-0.39, 0.29) is 5.91 Å². The van der Waals surface area contributed by atoms with Crippen LogP contribution >= 0.6 is 0 Å². The molecule has 0 aliphatic carbocycles. The predicted octanol–water partition coefficient (Wildman–Crippen LogP) is 2.13. The van der Waals surface area contributed by atoms with E-state index >= 15 is 0 Å². The molecule has 5 nitrogen and oxygen atoms in total. The molecule has 0 fully saturated rings. The zero-order valence-electron chi connectivity index (χ0n) is 14.1. The van der Waals surface area contributed by atoms with E-state index in [0.29, 0.717) is 24.6 Å². The summed E-state index contributed by atoms with van der Waals surface area (Å²) in [6.45, 7) is 4.97. The maximum Gasteiger partial charge on any atom is 0.227 e. The maximum absolute atomic E-state index is 12.3. The standard InChI is InChI=1S/C17H28N2O3/c1-5-17(6-2,12-18)16(20)19-10-9-13-7-8-14(21-3)15(11-13)22-4/h7-8,11H,5-6,9-10,12,18H2,1-4H3,(H,19,20). The van der Waals surface area contributed by atoms with Crippen molar-refractivity contribution >= 4 is 5.91 Å². The van der Waals surface area contributed by atoms with Crippen LogP contribution in [0.3, 0.4) is 0 Å². The summed E-state index contributed by atoms with van der Waals surface area (Å²) >= 11 is 0. The van der Waals surface area contributed by atoms with Gasteiger partial charge in [-0.1, -0.05) is 19.9 Å². The molecule has 0 aliphatic rings. The molecule has 5 heteroatoms. The molecule has 0 aromatic heterocycles. The number of rotatable bonds is 9. The molecule has 1 aromatic carbocycles. The number of nitrogens with one attached hydrogen (secondary N) is 1.